The van der Waals surface area contributed by atoms with Crippen LogP contribution in [-0.4, -0.2) is 22.8 Å². The summed E-state index contributed by atoms with van der Waals surface area (Å²) in [6, 6.07) is 15.6. The number of para-hydroxylation sites is 2. The van der Waals surface area contributed by atoms with Crippen molar-refractivity contribution in [2.24, 2.45) is 17.6 Å². The molecule has 0 amide bonds. The molecule has 3 atom stereocenters. The monoisotopic (exact) mass is 361 g/mol. The summed E-state index contributed by atoms with van der Waals surface area (Å²) in [6.45, 7) is 2.24. The van der Waals surface area contributed by atoms with Gasteiger partial charge in [-0.1, -0.05) is 31.2 Å². The zero-order valence-corrected chi connectivity index (χ0v) is 15.4. The molecular weight excluding hydrogens is 338 g/mol. The fourth-order valence-corrected chi connectivity index (χ4v) is 4.94. The molecule has 0 saturated carbocycles. The molecule has 3 rings (SSSR count). The number of hydrogen-bond acceptors (Lipinski definition) is 5. The lowest BCUT2D eigenvalue weighted by molar-refractivity contribution is 0.138. The van der Waals surface area contributed by atoms with E-state index in [1.807, 2.05) is 48.2 Å². The van der Waals surface area contributed by atoms with Crippen molar-refractivity contribution in [2.75, 3.05) is 11.5 Å². The van der Waals surface area contributed by atoms with Gasteiger partial charge in [0.1, 0.15) is 11.5 Å². The molecule has 0 spiro atoms. The Morgan fingerprint density at radius 3 is 2.83 bits per heavy atom. The molecule has 1 aliphatic heterocycles. The van der Waals surface area contributed by atoms with Crippen LogP contribution in [0.25, 0.3) is 0 Å². The predicted molar refractivity (Wildman–Crippen MR) is 102 cm³/mol. The topological polar surface area (TPSA) is 55.5 Å². The Balaban J connectivity index is 1.55. The molecule has 0 aromatic heterocycles. The van der Waals surface area contributed by atoms with Crippen molar-refractivity contribution in [3.05, 3.63) is 48.5 Å². The van der Waals surface area contributed by atoms with E-state index in [0.29, 0.717) is 17.6 Å². The van der Waals surface area contributed by atoms with Gasteiger partial charge >= 0.3 is 0 Å². The summed E-state index contributed by atoms with van der Waals surface area (Å²) < 4.78 is 5.96. The van der Waals surface area contributed by atoms with Crippen LogP contribution < -0.4 is 10.5 Å². The van der Waals surface area contributed by atoms with Gasteiger partial charge in [0.2, 0.25) is 0 Å². The zero-order valence-electron chi connectivity index (χ0n) is 13.7. The Hall–Kier alpha value is -1.30. The third-order valence-electron chi connectivity index (χ3n) is 4.12. The molecule has 0 fully saturated rings. The molecule has 0 aliphatic carbocycles. The molecule has 3 nitrogen and oxygen atoms in total. The Morgan fingerprint density at radius 2 is 2.00 bits per heavy atom. The number of phenols is 1. The van der Waals surface area contributed by atoms with E-state index in [1.165, 1.54) is 4.90 Å². The van der Waals surface area contributed by atoms with Crippen molar-refractivity contribution in [1.82, 2.24) is 0 Å². The minimum Gasteiger partial charge on any atom is -0.507 e. The number of fused-ring (bicyclic) bond motifs is 1. The molecule has 1 aliphatic rings. The van der Waals surface area contributed by atoms with Crippen LogP contribution in [0.4, 0.5) is 0 Å². The molecule has 24 heavy (non-hydrogen) atoms. The van der Waals surface area contributed by atoms with Crippen LogP contribution in [0.15, 0.2) is 58.3 Å². The van der Waals surface area contributed by atoms with E-state index < -0.39 is 0 Å². The molecule has 2 aromatic carbocycles. The fraction of sp³-hybridized carbons (Fsp3) is 0.368. The van der Waals surface area contributed by atoms with Gasteiger partial charge in [0.15, 0.2) is 6.23 Å². The number of aromatic hydroxyl groups is 1. The SMILES string of the molecule is C[C@H](CSc1ccccc1O)C[C@H]1CSc2ccccc2OC1N. The molecule has 1 heterocycles. The number of phenolic OH excluding ortho intramolecular Hbond substituents is 1. The Kier molecular flexibility index (Phi) is 5.98. The number of hydrogen-bond donors (Lipinski definition) is 2. The highest BCUT2D eigenvalue weighted by Gasteiger charge is 2.26. The number of ether oxygens (including phenoxy) is 1. The second-order valence-electron chi connectivity index (χ2n) is 6.22. The van der Waals surface area contributed by atoms with Crippen molar-refractivity contribution >= 4 is 23.5 Å². The van der Waals surface area contributed by atoms with E-state index in [2.05, 4.69) is 13.0 Å². The minimum absolute atomic E-state index is 0.265. The average molecular weight is 362 g/mol. The number of rotatable bonds is 5. The second-order valence-corrected chi connectivity index (χ2v) is 8.34. The summed E-state index contributed by atoms with van der Waals surface area (Å²) >= 11 is 3.53. The van der Waals surface area contributed by atoms with Gasteiger partial charge < -0.3 is 9.84 Å². The van der Waals surface area contributed by atoms with E-state index in [1.54, 1.807) is 17.8 Å². The van der Waals surface area contributed by atoms with E-state index in [-0.39, 0.29) is 6.23 Å². The van der Waals surface area contributed by atoms with Crippen LogP contribution >= 0.6 is 23.5 Å². The van der Waals surface area contributed by atoms with Gasteiger partial charge in [0, 0.05) is 27.2 Å². The van der Waals surface area contributed by atoms with Crippen LogP contribution in [0.3, 0.4) is 0 Å². The highest BCUT2D eigenvalue weighted by Crippen LogP contribution is 2.37. The second kappa shape index (κ2) is 8.19. The summed E-state index contributed by atoms with van der Waals surface area (Å²) in [5.41, 5.74) is 6.29. The highest BCUT2D eigenvalue weighted by molar-refractivity contribution is 7.99. The van der Waals surface area contributed by atoms with Crippen molar-refractivity contribution < 1.29 is 9.84 Å². The highest BCUT2D eigenvalue weighted by atomic mass is 32.2. The molecule has 1 unspecified atom stereocenters. The summed E-state index contributed by atoms with van der Waals surface area (Å²) in [5, 5.41) is 9.86. The van der Waals surface area contributed by atoms with Crippen molar-refractivity contribution in [2.45, 2.75) is 29.4 Å². The molecule has 0 saturated heterocycles. The van der Waals surface area contributed by atoms with E-state index >= 15 is 0 Å². The van der Waals surface area contributed by atoms with Crippen molar-refractivity contribution in [3.8, 4) is 11.5 Å². The van der Waals surface area contributed by atoms with Crippen LogP contribution in [0.5, 0.6) is 11.5 Å². The summed E-state index contributed by atoms with van der Waals surface area (Å²) in [4.78, 5) is 2.11. The van der Waals surface area contributed by atoms with Crippen LogP contribution in [-0.2, 0) is 0 Å². The third kappa shape index (κ3) is 4.41. The Morgan fingerprint density at radius 1 is 1.25 bits per heavy atom. The van der Waals surface area contributed by atoms with Crippen molar-refractivity contribution in [3.63, 3.8) is 0 Å². The van der Waals surface area contributed by atoms with Crippen LogP contribution in [0.1, 0.15) is 13.3 Å². The molecule has 2 aromatic rings. The standard InChI is InChI=1S/C19H23NO2S2/c1-13(11-23-17-8-4-2-6-15(17)21)10-14-12-24-18-9-5-3-7-16(18)22-19(14)20/h2-9,13-14,19,21H,10-12,20H2,1H3/t13-,14-,19?/m0/s1. The third-order valence-corrected chi connectivity index (χ3v) is 6.76. The normalized spacial score (nSPS) is 21.4. The van der Waals surface area contributed by atoms with Gasteiger partial charge in [-0.2, -0.15) is 0 Å². The first-order valence-electron chi connectivity index (χ1n) is 8.18. The minimum atomic E-state index is -0.265. The van der Waals surface area contributed by atoms with Gasteiger partial charge in [0.05, 0.1) is 0 Å². The fourth-order valence-electron chi connectivity index (χ4n) is 2.80. The molecular formula is C19H23NO2S2. The van der Waals surface area contributed by atoms with Gasteiger partial charge in [-0.25, -0.2) is 0 Å². The lowest BCUT2D eigenvalue weighted by atomic mass is 9.97. The first-order chi connectivity index (χ1) is 11.6. The zero-order chi connectivity index (χ0) is 16.9. The first-order valence-corrected chi connectivity index (χ1v) is 10.2. The molecule has 0 radical (unpaired) electrons. The summed E-state index contributed by atoms with van der Waals surface area (Å²) in [7, 11) is 0. The van der Waals surface area contributed by atoms with Gasteiger partial charge in [-0.3, -0.25) is 5.73 Å². The lowest BCUT2D eigenvalue weighted by Crippen LogP contribution is -2.37. The lowest BCUT2D eigenvalue weighted by Gasteiger charge is -2.24. The molecule has 5 heteroatoms. The number of nitrogens with two attached hydrogens (primary N) is 1. The van der Waals surface area contributed by atoms with E-state index in [4.69, 9.17) is 10.5 Å². The quantitative estimate of drug-likeness (QED) is 0.763. The van der Waals surface area contributed by atoms with Crippen LogP contribution in [0.2, 0.25) is 0 Å². The maximum absolute atomic E-state index is 9.86. The van der Waals surface area contributed by atoms with Gasteiger partial charge in [0.25, 0.3) is 0 Å². The van der Waals surface area contributed by atoms with E-state index in [0.717, 1.165) is 28.6 Å². The maximum atomic E-state index is 9.86. The average Bonchev–Trinajstić information content (AvgIpc) is 2.73. The van der Waals surface area contributed by atoms with E-state index in [9.17, 15) is 5.11 Å². The smallest absolute Gasteiger partial charge is 0.151 e. The molecule has 0 bridgehead atoms. The van der Waals surface area contributed by atoms with Crippen LogP contribution in [0, 0.1) is 11.8 Å². The summed E-state index contributed by atoms with van der Waals surface area (Å²) in [5.74, 6) is 4.00. The van der Waals surface area contributed by atoms with Gasteiger partial charge in [-0.05, 0) is 36.6 Å². The molecule has 3 N–H and O–H groups in total. The number of thioether (sulfide) groups is 2. The summed E-state index contributed by atoms with van der Waals surface area (Å²) in [6.07, 6.45) is 0.752. The first kappa shape index (κ1) is 17.5. The van der Waals surface area contributed by atoms with Gasteiger partial charge in [-0.15, -0.1) is 23.5 Å². The number of benzene rings is 2. The maximum Gasteiger partial charge on any atom is 0.151 e. The molecule has 128 valence electrons. The predicted octanol–water partition coefficient (Wildman–Crippen LogP) is 4.60. The van der Waals surface area contributed by atoms with Crippen molar-refractivity contribution in [1.29, 1.82) is 0 Å². The Labute approximate surface area is 152 Å². The largest absolute Gasteiger partial charge is 0.507 e. The Bertz CT molecular complexity index is 680.